The van der Waals surface area contributed by atoms with Crippen molar-refractivity contribution in [3.63, 3.8) is 0 Å². The number of ether oxygens (including phenoxy) is 3. The summed E-state index contributed by atoms with van der Waals surface area (Å²) in [4.78, 5) is 36.0. The van der Waals surface area contributed by atoms with Gasteiger partial charge in [0, 0.05) is 20.6 Å². The molecule has 2 unspecified atom stereocenters. The Balaban J connectivity index is 2.61. The van der Waals surface area contributed by atoms with E-state index in [1.807, 2.05) is 18.2 Å². The fourth-order valence-electron chi connectivity index (χ4n) is 2.47. The molecular weight excluding hydrogens is 400 g/mol. The minimum atomic E-state index is -1.19. The van der Waals surface area contributed by atoms with Gasteiger partial charge in [-0.05, 0) is 24.2 Å². The van der Waals surface area contributed by atoms with Crippen LogP contribution in [-0.2, 0) is 30.4 Å². The predicted octanol–water partition coefficient (Wildman–Crippen LogP) is 1.57. The molecule has 0 saturated heterocycles. The maximum atomic E-state index is 12.5. The van der Waals surface area contributed by atoms with Gasteiger partial charge in [0.15, 0.2) is 6.29 Å². The lowest BCUT2D eigenvalue weighted by atomic mass is 10.1. The number of carboxylic acids is 1. The summed E-state index contributed by atoms with van der Waals surface area (Å²) in [5.74, 6) is -1.51. The van der Waals surface area contributed by atoms with Gasteiger partial charge in [-0.3, -0.25) is 4.79 Å². The summed E-state index contributed by atoms with van der Waals surface area (Å²) in [6, 6.07) is 6.95. The number of benzene rings is 1. The molecule has 9 nitrogen and oxygen atoms in total. The molecule has 0 fully saturated rings. The van der Waals surface area contributed by atoms with E-state index in [4.69, 9.17) is 14.2 Å². The van der Waals surface area contributed by atoms with Crippen molar-refractivity contribution in [3.8, 4) is 0 Å². The quantitative estimate of drug-likeness (QED) is 0.278. The summed E-state index contributed by atoms with van der Waals surface area (Å²) in [7, 11) is 2.88. The molecule has 0 bridgehead atoms. The fourth-order valence-corrected chi connectivity index (χ4v) is 2.73. The Morgan fingerprint density at radius 2 is 1.66 bits per heavy atom. The Bertz CT molecular complexity index is 641. The molecule has 2 atom stereocenters. The number of hydrogen-bond acceptors (Lipinski definition) is 7. The Hall–Kier alpha value is -2.30. The van der Waals surface area contributed by atoms with Crippen LogP contribution in [0.5, 0.6) is 0 Å². The summed E-state index contributed by atoms with van der Waals surface area (Å²) in [5, 5.41) is 14.2. The molecule has 2 amide bonds. The van der Waals surface area contributed by atoms with E-state index in [0.29, 0.717) is 5.75 Å². The van der Waals surface area contributed by atoms with Crippen molar-refractivity contribution in [1.82, 2.24) is 10.6 Å². The van der Waals surface area contributed by atoms with Crippen LogP contribution in [-0.4, -0.2) is 61.4 Å². The summed E-state index contributed by atoms with van der Waals surface area (Å²) in [6.45, 7) is 0.0507. The van der Waals surface area contributed by atoms with E-state index in [9.17, 15) is 19.5 Å². The number of methoxy groups -OCH3 is 2. The van der Waals surface area contributed by atoms with Crippen LogP contribution in [0, 0.1) is 0 Å². The second-order valence-electron chi connectivity index (χ2n) is 6.15. The Labute approximate surface area is 175 Å². The zero-order chi connectivity index (χ0) is 21.6. The Morgan fingerprint density at radius 1 is 1.00 bits per heavy atom. The van der Waals surface area contributed by atoms with E-state index in [1.54, 1.807) is 12.1 Å². The van der Waals surface area contributed by atoms with Gasteiger partial charge in [0.05, 0.1) is 0 Å². The van der Waals surface area contributed by atoms with E-state index in [0.717, 1.165) is 5.56 Å². The molecule has 10 heteroatoms. The number of carbonyl (C=O) groups is 3. The van der Waals surface area contributed by atoms with Crippen LogP contribution in [0.15, 0.2) is 30.3 Å². The summed E-state index contributed by atoms with van der Waals surface area (Å²) >= 11 is 4.09. The maximum Gasteiger partial charge on any atom is 0.408 e. The third-order valence-corrected chi connectivity index (χ3v) is 4.33. The van der Waals surface area contributed by atoms with Gasteiger partial charge in [-0.15, -0.1) is 0 Å². The van der Waals surface area contributed by atoms with E-state index >= 15 is 0 Å². The van der Waals surface area contributed by atoms with Gasteiger partial charge >= 0.3 is 12.1 Å². The zero-order valence-electron chi connectivity index (χ0n) is 16.5. The first kappa shape index (κ1) is 24.7. The molecule has 162 valence electrons. The maximum absolute atomic E-state index is 12.5. The second kappa shape index (κ2) is 13.8. The standard InChI is InChI=1S/C19H28N2O7S/c1-26-16(27-2)9-8-15(18(23)24)20-17(22)14(10-11-29)21-19(25)28-12-13-6-4-3-5-7-13/h3-7,14-16,29H,8-12H2,1-2H3,(H,20,22)(H,21,25)(H,23,24). The summed E-state index contributed by atoms with van der Waals surface area (Å²) in [6.07, 6.45) is -0.775. The highest BCUT2D eigenvalue weighted by Gasteiger charge is 2.27. The molecule has 0 aliphatic heterocycles. The van der Waals surface area contributed by atoms with Crippen LogP contribution in [0.25, 0.3) is 0 Å². The van der Waals surface area contributed by atoms with E-state index < -0.39 is 36.3 Å². The lowest BCUT2D eigenvalue weighted by Crippen LogP contribution is -2.52. The lowest BCUT2D eigenvalue weighted by Gasteiger charge is -2.22. The van der Waals surface area contributed by atoms with Crippen molar-refractivity contribution in [3.05, 3.63) is 35.9 Å². The molecule has 1 aromatic carbocycles. The lowest BCUT2D eigenvalue weighted by molar-refractivity contribution is -0.143. The molecule has 0 aromatic heterocycles. The molecule has 0 saturated carbocycles. The molecule has 0 aliphatic carbocycles. The SMILES string of the molecule is COC(CCC(NC(=O)C(CCS)NC(=O)OCc1ccccc1)C(=O)O)OC. The van der Waals surface area contributed by atoms with Crippen LogP contribution in [0.3, 0.4) is 0 Å². The van der Waals surface area contributed by atoms with Gasteiger partial charge in [-0.2, -0.15) is 12.6 Å². The van der Waals surface area contributed by atoms with Crippen molar-refractivity contribution >= 4 is 30.6 Å². The monoisotopic (exact) mass is 428 g/mol. The average Bonchev–Trinajstić information content (AvgIpc) is 2.72. The van der Waals surface area contributed by atoms with E-state index in [1.165, 1.54) is 14.2 Å². The summed E-state index contributed by atoms with van der Waals surface area (Å²) < 4.78 is 15.2. The molecule has 0 spiro atoms. The first-order chi connectivity index (χ1) is 13.9. The molecule has 0 aliphatic rings. The summed E-state index contributed by atoms with van der Waals surface area (Å²) in [5.41, 5.74) is 0.801. The van der Waals surface area contributed by atoms with Crippen LogP contribution < -0.4 is 10.6 Å². The molecule has 1 aromatic rings. The van der Waals surface area contributed by atoms with Gasteiger partial charge in [-0.25, -0.2) is 9.59 Å². The topological polar surface area (TPSA) is 123 Å². The van der Waals surface area contributed by atoms with Crippen molar-refractivity contribution < 1.29 is 33.7 Å². The van der Waals surface area contributed by atoms with Crippen LogP contribution in [0.2, 0.25) is 0 Å². The number of hydrogen-bond donors (Lipinski definition) is 4. The normalized spacial score (nSPS) is 12.8. The minimum absolute atomic E-state index is 0.0507. The van der Waals surface area contributed by atoms with Crippen LogP contribution in [0.4, 0.5) is 4.79 Å². The molecule has 1 rings (SSSR count). The average molecular weight is 429 g/mol. The van der Waals surface area contributed by atoms with Crippen molar-refractivity contribution in [1.29, 1.82) is 0 Å². The van der Waals surface area contributed by atoms with Gasteiger partial charge in [0.2, 0.25) is 5.91 Å². The number of nitrogens with one attached hydrogen (secondary N) is 2. The largest absolute Gasteiger partial charge is 0.480 e. The smallest absolute Gasteiger partial charge is 0.408 e. The third-order valence-electron chi connectivity index (χ3n) is 4.07. The van der Waals surface area contributed by atoms with E-state index in [-0.39, 0.29) is 25.9 Å². The minimum Gasteiger partial charge on any atom is -0.480 e. The first-order valence-corrected chi connectivity index (χ1v) is 9.71. The number of thiol groups is 1. The highest BCUT2D eigenvalue weighted by Crippen LogP contribution is 2.07. The zero-order valence-corrected chi connectivity index (χ0v) is 17.4. The number of carbonyl (C=O) groups excluding carboxylic acids is 2. The molecule has 29 heavy (non-hydrogen) atoms. The molecular formula is C19H28N2O7S. The molecule has 0 radical (unpaired) electrons. The number of amides is 2. The van der Waals surface area contributed by atoms with Crippen molar-refractivity contribution in [2.75, 3.05) is 20.0 Å². The first-order valence-electron chi connectivity index (χ1n) is 9.08. The predicted molar refractivity (Wildman–Crippen MR) is 109 cm³/mol. The van der Waals surface area contributed by atoms with Gasteiger partial charge in [0.1, 0.15) is 18.7 Å². The molecule has 3 N–H and O–H groups in total. The highest BCUT2D eigenvalue weighted by atomic mass is 32.1. The number of rotatable bonds is 13. The van der Waals surface area contributed by atoms with Crippen LogP contribution >= 0.6 is 12.6 Å². The Kier molecular flexibility index (Phi) is 11.8. The fraction of sp³-hybridized carbons (Fsp3) is 0.526. The Morgan fingerprint density at radius 3 is 2.21 bits per heavy atom. The second-order valence-corrected chi connectivity index (χ2v) is 6.60. The highest BCUT2D eigenvalue weighted by molar-refractivity contribution is 7.80. The molecule has 0 heterocycles. The van der Waals surface area contributed by atoms with Gasteiger partial charge in [0.25, 0.3) is 0 Å². The van der Waals surface area contributed by atoms with Crippen molar-refractivity contribution in [2.45, 2.75) is 44.2 Å². The van der Waals surface area contributed by atoms with Crippen molar-refractivity contribution in [2.24, 2.45) is 0 Å². The number of carboxylic acid groups (broad SMARTS) is 1. The number of alkyl carbamates (subject to hydrolysis) is 1. The van der Waals surface area contributed by atoms with Gasteiger partial charge in [-0.1, -0.05) is 30.3 Å². The number of aliphatic carboxylic acids is 1. The third kappa shape index (κ3) is 9.64. The van der Waals surface area contributed by atoms with Crippen LogP contribution in [0.1, 0.15) is 24.8 Å². The van der Waals surface area contributed by atoms with E-state index in [2.05, 4.69) is 23.3 Å². The van der Waals surface area contributed by atoms with Gasteiger partial charge < -0.3 is 30.0 Å².